The molecule has 42 heavy (non-hydrogen) atoms. The van der Waals surface area contributed by atoms with E-state index in [1.165, 1.54) is 16.1 Å². The van der Waals surface area contributed by atoms with E-state index in [0.717, 1.165) is 17.5 Å². The van der Waals surface area contributed by atoms with Crippen molar-refractivity contribution in [1.82, 2.24) is 4.31 Å². The predicted octanol–water partition coefficient (Wildman–Crippen LogP) is 5.64. The number of aliphatic hydroxyl groups is 2. The van der Waals surface area contributed by atoms with Crippen molar-refractivity contribution in [3.8, 4) is 5.75 Å². The van der Waals surface area contributed by atoms with Gasteiger partial charge < -0.3 is 14.9 Å². The highest BCUT2D eigenvalue weighted by Gasteiger charge is 2.57. The molecule has 3 aliphatic rings. The average molecular weight is 598 g/mol. The number of methoxy groups -OCH3 is 1. The molecule has 0 saturated heterocycles. The number of sulfonamides is 1. The summed E-state index contributed by atoms with van der Waals surface area (Å²) in [6.07, 6.45) is 7.77. The number of fused-ring (bicyclic) bond motifs is 8. The largest absolute Gasteiger partial charge is 0.497 e. The predicted molar refractivity (Wildman–Crippen MR) is 167 cm³/mol. The summed E-state index contributed by atoms with van der Waals surface area (Å²) in [5.74, 6) is 0.379. The third kappa shape index (κ3) is 6.83. The summed E-state index contributed by atoms with van der Waals surface area (Å²) in [5.41, 5.74) is 2.10. The number of aliphatic hydroxyl groups excluding tert-OH is 1. The van der Waals surface area contributed by atoms with E-state index in [0.29, 0.717) is 68.4 Å². The lowest BCUT2D eigenvalue weighted by atomic mass is 9.64. The Morgan fingerprint density at radius 3 is 2.48 bits per heavy atom. The molecule has 230 valence electrons. The molecule has 2 N–H and O–H groups in total. The summed E-state index contributed by atoms with van der Waals surface area (Å²) in [4.78, 5) is 14.1. The molecule has 8 heteroatoms. The van der Waals surface area contributed by atoms with Gasteiger partial charge in [-0.2, -0.15) is 4.31 Å². The zero-order chi connectivity index (χ0) is 30.7. The van der Waals surface area contributed by atoms with E-state index in [4.69, 9.17) is 4.74 Å². The molecule has 1 saturated carbocycles. The highest BCUT2D eigenvalue weighted by molar-refractivity contribution is 7.88. The Morgan fingerprint density at radius 2 is 1.83 bits per heavy atom. The minimum absolute atomic E-state index is 0.0292. The minimum Gasteiger partial charge on any atom is -0.497 e. The molecule has 2 aromatic rings. The van der Waals surface area contributed by atoms with Crippen molar-refractivity contribution < 1.29 is 28.2 Å². The zero-order valence-corrected chi connectivity index (χ0v) is 26.5. The van der Waals surface area contributed by atoms with Crippen LogP contribution >= 0.6 is 0 Å². The fourth-order valence-electron chi connectivity index (χ4n) is 7.00. The number of hydrogen-bond acceptors (Lipinski definition) is 6. The van der Waals surface area contributed by atoms with E-state index in [2.05, 4.69) is 19.9 Å². The van der Waals surface area contributed by atoms with Crippen LogP contribution in [0.3, 0.4) is 0 Å². The van der Waals surface area contributed by atoms with Crippen molar-refractivity contribution in [2.45, 2.75) is 89.8 Å². The SMILES string of the molecule is CCCN(CC1(O)CCC2c3ccc(cc3C(=O)c3ccc(OC)cc3)CC(O)CCC(C)=CCCC21C)S(C)(=O)=O. The van der Waals surface area contributed by atoms with Crippen LogP contribution in [0.4, 0.5) is 0 Å². The van der Waals surface area contributed by atoms with E-state index in [1.807, 2.05) is 25.1 Å². The van der Waals surface area contributed by atoms with Gasteiger partial charge in [-0.15, -0.1) is 0 Å². The average Bonchev–Trinajstić information content (AvgIpc) is 3.20. The number of rotatable bonds is 8. The molecule has 0 aliphatic heterocycles. The number of benzene rings is 2. The van der Waals surface area contributed by atoms with Crippen LogP contribution in [-0.2, 0) is 16.4 Å². The number of ether oxygens (including phenoxy) is 1. The van der Waals surface area contributed by atoms with Gasteiger partial charge in [-0.1, -0.05) is 37.6 Å². The lowest BCUT2D eigenvalue weighted by Gasteiger charge is -2.45. The van der Waals surface area contributed by atoms with Crippen LogP contribution in [0.25, 0.3) is 0 Å². The smallest absolute Gasteiger partial charge is 0.211 e. The summed E-state index contributed by atoms with van der Waals surface area (Å²) in [5, 5.41) is 23.2. The van der Waals surface area contributed by atoms with Crippen LogP contribution in [-0.4, -0.2) is 66.9 Å². The third-order valence-corrected chi connectivity index (χ3v) is 10.9. The summed E-state index contributed by atoms with van der Waals surface area (Å²) in [6.45, 7) is 6.46. The van der Waals surface area contributed by atoms with Crippen LogP contribution < -0.4 is 4.74 Å². The maximum Gasteiger partial charge on any atom is 0.211 e. The van der Waals surface area contributed by atoms with Crippen LogP contribution in [0.2, 0.25) is 0 Å². The summed E-state index contributed by atoms with van der Waals surface area (Å²) in [7, 11) is -1.93. The molecule has 0 spiro atoms. The van der Waals surface area contributed by atoms with Gasteiger partial charge >= 0.3 is 0 Å². The molecule has 0 radical (unpaired) electrons. The van der Waals surface area contributed by atoms with E-state index < -0.39 is 27.1 Å². The maximum atomic E-state index is 14.1. The van der Waals surface area contributed by atoms with Crippen molar-refractivity contribution in [1.29, 1.82) is 0 Å². The Balaban J connectivity index is 1.85. The van der Waals surface area contributed by atoms with Crippen LogP contribution in [0.1, 0.15) is 98.7 Å². The van der Waals surface area contributed by atoms with Crippen molar-refractivity contribution in [3.63, 3.8) is 0 Å². The lowest BCUT2D eigenvalue weighted by Crippen LogP contribution is -2.53. The van der Waals surface area contributed by atoms with Crippen LogP contribution in [0.15, 0.2) is 54.1 Å². The van der Waals surface area contributed by atoms with Crippen molar-refractivity contribution in [2.24, 2.45) is 5.41 Å². The molecular weight excluding hydrogens is 550 g/mol. The van der Waals surface area contributed by atoms with Crippen LogP contribution in [0, 0.1) is 5.41 Å². The lowest BCUT2D eigenvalue weighted by molar-refractivity contribution is -0.0723. The molecule has 3 aliphatic carbocycles. The second-order valence-corrected chi connectivity index (χ2v) is 14.6. The Labute approximate surface area is 251 Å². The van der Waals surface area contributed by atoms with Crippen LogP contribution in [0.5, 0.6) is 5.75 Å². The fraction of sp³-hybridized carbons (Fsp3) is 0.559. The van der Waals surface area contributed by atoms with Gasteiger partial charge in [-0.25, -0.2) is 8.42 Å². The monoisotopic (exact) mass is 597 g/mol. The van der Waals surface area contributed by atoms with Crippen molar-refractivity contribution in [3.05, 3.63) is 76.4 Å². The maximum absolute atomic E-state index is 14.1. The van der Waals surface area contributed by atoms with E-state index in [-0.39, 0.29) is 18.2 Å². The zero-order valence-electron chi connectivity index (χ0n) is 25.7. The highest BCUT2D eigenvalue weighted by atomic mass is 32.2. The first kappa shape index (κ1) is 32.4. The normalized spacial score (nSPS) is 26.9. The van der Waals surface area contributed by atoms with E-state index in [9.17, 15) is 23.4 Å². The quantitative estimate of drug-likeness (QED) is 0.302. The van der Waals surface area contributed by atoms with Gasteiger partial charge in [-0.05, 0) is 106 Å². The van der Waals surface area contributed by atoms with Gasteiger partial charge in [0.25, 0.3) is 0 Å². The first-order valence-electron chi connectivity index (χ1n) is 15.1. The van der Waals surface area contributed by atoms with Gasteiger partial charge in [0.1, 0.15) is 5.75 Å². The van der Waals surface area contributed by atoms with Gasteiger partial charge in [0.2, 0.25) is 10.0 Å². The number of carbonyl (C=O) groups excluding carboxylic acids is 1. The molecule has 4 atom stereocenters. The number of nitrogens with zero attached hydrogens (tertiary/aromatic N) is 1. The highest BCUT2D eigenvalue weighted by Crippen LogP contribution is 2.59. The molecule has 7 nitrogen and oxygen atoms in total. The fourth-order valence-corrected chi connectivity index (χ4v) is 7.96. The summed E-state index contributed by atoms with van der Waals surface area (Å²) >= 11 is 0. The van der Waals surface area contributed by atoms with Crippen molar-refractivity contribution >= 4 is 15.8 Å². The van der Waals surface area contributed by atoms with E-state index in [1.54, 1.807) is 31.4 Å². The summed E-state index contributed by atoms with van der Waals surface area (Å²) < 4.78 is 32.2. The topological polar surface area (TPSA) is 104 Å². The molecule has 0 heterocycles. The molecule has 2 aromatic carbocycles. The Kier molecular flexibility index (Phi) is 10.0. The molecular formula is C34H47NO6S. The second-order valence-electron chi connectivity index (χ2n) is 12.6. The third-order valence-electron chi connectivity index (χ3n) is 9.65. The molecule has 1 fully saturated rings. The van der Waals surface area contributed by atoms with Gasteiger partial charge in [0, 0.05) is 29.6 Å². The Bertz CT molecular complexity index is 1400. The standard InChI is InChI=1S/C34H47NO6S/c1-6-20-35(42(5,39)40)23-34(38)19-17-31-29-16-10-25(21-27(36)13-9-24(2)8-7-18-33(31,34)3)22-30(29)32(37)26-11-14-28(41-4)15-12-26/h8,10-12,14-16,22,27,31,36,38H,6-7,9,13,17-21,23H2,1-5H3. The number of hydrogen-bond donors (Lipinski definition) is 2. The minimum atomic E-state index is -3.52. The number of carbonyl (C=O) groups is 1. The first-order valence-corrected chi connectivity index (χ1v) is 17.0. The van der Waals surface area contributed by atoms with Gasteiger partial charge in [0.15, 0.2) is 5.78 Å². The summed E-state index contributed by atoms with van der Waals surface area (Å²) in [6, 6.07) is 13.0. The van der Waals surface area contributed by atoms with Crippen molar-refractivity contribution in [2.75, 3.05) is 26.5 Å². The molecule has 0 aromatic heterocycles. The van der Waals surface area contributed by atoms with Gasteiger partial charge in [0.05, 0.1) is 25.1 Å². The Hall–Kier alpha value is -2.52. The first-order chi connectivity index (χ1) is 19.8. The Morgan fingerprint density at radius 1 is 1.12 bits per heavy atom. The number of ketones is 1. The molecule has 0 amide bonds. The van der Waals surface area contributed by atoms with Gasteiger partial charge in [-0.3, -0.25) is 4.79 Å². The molecule has 5 rings (SSSR count). The molecule has 2 bridgehead atoms. The molecule has 4 unspecified atom stereocenters. The number of allylic oxidation sites excluding steroid dienone is 2. The second kappa shape index (κ2) is 13.0. The van der Waals surface area contributed by atoms with E-state index >= 15 is 0 Å².